The first-order valence-corrected chi connectivity index (χ1v) is 6.84. The molecular weight excluding hydrogens is 280 g/mol. The molecule has 1 aliphatic rings. The Morgan fingerprint density at radius 3 is 2.82 bits per heavy atom. The third-order valence-electron chi connectivity index (χ3n) is 3.14. The van der Waals surface area contributed by atoms with Gasteiger partial charge in [-0.25, -0.2) is 4.79 Å². The second-order valence-electron chi connectivity index (χ2n) is 4.38. The number of amides is 2. The van der Waals surface area contributed by atoms with E-state index in [4.69, 9.17) is 0 Å². The van der Waals surface area contributed by atoms with Crippen molar-refractivity contribution in [3.05, 3.63) is 28.2 Å². The van der Waals surface area contributed by atoms with Crippen LogP contribution in [0.4, 0.5) is 10.5 Å². The molecule has 1 fully saturated rings. The summed E-state index contributed by atoms with van der Waals surface area (Å²) in [5.74, 6) is 0. The number of rotatable bonds is 3. The van der Waals surface area contributed by atoms with Crippen molar-refractivity contribution in [3.63, 3.8) is 0 Å². The number of carbonyl (C=O) groups is 1. The van der Waals surface area contributed by atoms with E-state index in [1.54, 1.807) is 0 Å². The lowest BCUT2D eigenvalue weighted by Crippen LogP contribution is -2.41. The molecule has 0 heterocycles. The third kappa shape index (κ3) is 3.22. The maximum absolute atomic E-state index is 11.7. The standard InChI is InChI=1S/C13H17BrN2O/c1-2-9-8-10(14)6-7-12(9)16-13(17)15-11-4-3-5-11/h6-8,11H,2-5H2,1H3,(H2,15,16,17). The van der Waals surface area contributed by atoms with E-state index in [9.17, 15) is 4.79 Å². The lowest BCUT2D eigenvalue weighted by Gasteiger charge is -2.26. The van der Waals surface area contributed by atoms with Gasteiger partial charge in [-0.3, -0.25) is 0 Å². The highest BCUT2D eigenvalue weighted by Gasteiger charge is 2.19. The fourth-order valence-electron chi connectivity index (χ4n) is 1.87. The van der Waals surface area contributed by atoms with Crippen LogP contribution >= 0.6 is 15.9 Å². The number of anilines is 1. The zero-order valence-corrected chi connectivity index (χ0v) is 11.5. The van der Waals surface area contributed by atoms with Crippen LogP contribution in [0.3, 0.4) is 0 Å². The predicted molar refractivity (Wildman–Crippen MR) is 73.3 cm³/mol. The molecular formula is C13H17BrN2O. The molecule has 0 aliphatic heterocycles. The Morgan fingerprint density at radius 1 is 1.47 bits per heavy atom. The number of aryl methyl sites for hydroxylation is 1. The first-order chi connectivity index (χ1) is 8.19. The highest BCUT2D eigenvalue weighted by atomic mass is 79.9. The van der Waals surface area contributed by atoms with Crippen molar-refractivity contribution in [2.75, 3.05) is 5.32 Å². The van der Waals surface area contributed by atoms with Gasteiger partial charge in [-0.1, -0.05) is 22.9 Å². The van der Waals surface area contributed by atoms with E-state index < -0.39 is 0 Å². The molecule has 1 aromatic rings. The summed E-state index contributed by atoms with van der Waals surface area (Å²) in [6.07, 6.45) is 4.34. The number of carbonyl (C=O) groups excluding carboxylic acids is 1. The molecule has 3 nitrogen and oxygen atoms in total. The molecule has 0 aromatic heterocycles. The minimum Gasteiger partial charge on any atom is -0.335 e. The summed E-state index contributed by atoms with van der Waals surface area (Å²) in [4.78, 5) is 11.7. The van der Waals surface area contributed by atoms with Crippen molar-refractivity contribution in [3.8, 4) is 0 Å². The number of halogens is 1. The van der Waals surface area contributed by atoms with E-state index in [2.05, 4.69) is 33.5 Å². The maximum atomic E-state index is 11.7. The molecule has 17 heavy (non-hydrogen) atoms. The molecule has 0 unspecified atom stereocenters. The smallest absolute Gasteiger partial charge is 0.319 e. The summed E-state index contributed by atoms with van der Waals surface area (Å²) in [7, 11) is 0. The van der Waals surface area contributed by atoms with Crippen LogP contribution in [0.1, 0.15) is 31.7 Å². The fraction of sp³-hybridized carbons (Fsp3) is 0.462. The molecule has 4 heteroatoms. The summed E-state index contributed by atoms with van der Waals surface area (Å²) in [5, 5.41) is 5.89. The average Bonchev–Trinajstić information content (AvgIpc) is 2.26. The number of hydrogen-bond acceptors (Lipinski definition) is 1. The summed E-state index contributed by atoms with van der Waals surface area (Å²) in [6.45, 7) is 2.08. The van der Waals surface area contributed by atoms with Crippen LogP contribution in [0.2, 0.25) is 0 Å². The zero-order chi connectivity index (χ0) is 12.3. The molecule has 0 saturated heterocycles. The Labute approximate surface area is 110 Å². The van der Waals surface area contributed by atoms with Gasteiger partial charge >= 0.3 is 6.03 Å². The van der Waals surface area contributed by atoms with Gasteiger partial charge in [-0.05, 0) is 49.4 Å². The van der Waals surface area contributed by atoms with Crippen LogP contribution in [0.15, 0.2) is 22.7 Å². The molecule has 0 bridgehead atoms. The molecule has 1 aliphatic carbocycles. The monoisotopic (exact) mass is 296 g/mol. The normalized spacial score (nSPS) is 15.2. The van der Waals surface area contributed by atoms with E-state index in [0.717, 1.165) is 35.0 Å². The van der Waals surface area contributed by atoms with Gasteiger partial charge in [0.2, 0.25) is 0 Å². The van der Waals surface area contributed by atoms with Gasteiger partial charge in [0.25, 0.3) is 0 Å². The largest absolute Gasteiger partial charge is 0.335 e. The Morgan fingerprint density at radius 2 is 2.24 bits per heavy atom. The topological polar surface area (TPSA) is 41.1 Å². The van der Waals surface area contributed by atoms with Gasteiger partial charge in [-0.2, -0.15) is 0 Å². The minimum atomic E-state index is -0.0910. The quantitative estimate of drug-likeness (QED) is 0.878. The van der Waals surface area contributed by atoms with Crippen molar-refractivity contribution in [1.82, 2.24) is 5.32 Å². The predicted octanol–water partition coefficient (Wildman–Crippen LogP) is 3.69. The van der Waals surface area contributed by atoms with Gasteiger partial charge < -0.3 is 10.6 Å². The molecule has 1 aromatic carbocycles. The van der Waals surface area contributed by atoms with Crippen LogP contribution in [-0.2, 0) is 6.42 Å². The van der Waals surface area contributed by atoms with Crippen molar-refractivity contribution in [1.29, 1.82) is 0 Å². The maximum Gasteiger partial charge on any atom is 0.319 e. The molecule has 2 amide bonds. The molecule has 92 valence electrons. The van der Waals surface area contributed by atoms with E-state index in [-0.39, 0.29) is 6.03 Å². The number of hydrogen-bond donors (Lipinski definition) is 2. The second-order valence-corrected chi connectivity index (χ2v) is 5.30. The molecule has 0 atom stereocenters. The Balaban J connectivity index is 1.99. The first-order valence-electron chi connectivity index (χ1n) is 6.05. The SMILES string of the molecule is CCc1cc(Br)ccc1NC(=O)NC1CCC1. The Kier molecular flexibility index (Phi) is 4.05. The van der Waals surface area contributed by atoms with Gasteiger partial charge in [-0.15, -0.1) is 0 Å². The van der Waals surface area contributed by atoms with E-state index in [1.165, 1.54) is 6.42 Å². The zero-order valence-electron chi connectivity index (χ0n) is 9.92. The first kappa shape index (κ1) is 12.4. The van der Waals surface area contributed by atoms with Gasteiger partial charge in [0.05, 0.1) is 0 Å². The van der Waals surface area contributed by atoms with Crippen molar-refractivity contribution >= 4 is 27.6 Å². The number of urea groups is 1. The van der Waals surface area contributed by atoms with E-state index in [1.807, 2.05) is 18.2 Å². The Hall–Kier alpha value is -1.03. The molecule has 0 spiro atoms. The summed E-state index contributed by atoms with van der Waals surface area (Å²) < 4.78 is 1.04. The molecule has 1 saturated carbocycles. The van der Waals surface area contributed by atoms with Crippen LogP contribution in [0, 0.1) is 0 Å². The van der Waals surface area contributed by atoms with Crippen molar-refractivity contribution in [2.45, 2.75) is 38.6 Å². The average molecular weight is 297 g/mol. The van der Waals surface area contributed by atoms with Gasteiger partial charge in [0.15, 0.2) is 0 Å². The Bertz CT molecular complexity index is 416. The van der Waals surface area contributed by atoms with Crippen LogP contribution in [0.5, 0.6) is 0 Å². The summed E-state index contributed by atoms with van der Waals surface area (Å²) in [6, 6.07) is 6.20. The van der Waals surface area contributed by atoms with Crippen molar-refractivity contribution in [2.24, 2.45) is 0 Å². The number of nitrogens with one attached hydrogen (secondary N) is 2. The van der Waals surface area contributed by atoms with Crippen LogP contribution in [-0.4, -0.2) is 12.1 Å². The highest BCUT2D eigenvalue weighted by Crippen LogP contribution is 2.22. The van der Waals surface area contributed by atoms with Crippen LogP contribution < -0.4 is 10.6 Å². The minimum absolute atomic E-state index is 0.0910. The fourth-order valence-corrected chi connectivity index (χ4v) is 2.28. The van der Waals surface area contributed by atoms with E-state index >= 15 is 0 Å². The number of benzene rings is 1. The van der Waals surface area contributed by atoms with E-state index in [0.29, 0.717) is 6.04 Å². The van der Waals surface area contributed by atoms with Gasteiger partial charge in [0, 0.05) is 16.2 Å². The molecule has 0 radical (unpaired) electrons. The van der Waals surface area contributed by atoms with Crippen molar-refractivity contribution < 1.29 is 4.79 Å². The second kappa shape index (κ2) is 5.54. The third-order valence-corrected chi connectivity index (χ3v) is 3.63. The lowest BCUT2D eigenvalue weighted by atomic mass is 9.93. The van der Waals surface area contributed by atoms with Crippen LogP contribution in [0.25, 0.3) is 0 Å². The summed E-state index contributed by atoms with van der Waals surface area (Å²) >= 11 is 3.44. The molecule has 2 rings (SSSR count). The highest BCUT2D eigenvalue weighted by molar-refractivity contribution is 9.10. The summed E-state index contributed by atoms with van der Waals surface area (Å²) in [5.41, 5.74) is 2.04. The van der Waals surface area contributed by atoms with Gasteiger partial charge in [0.1, 0.15) is 0 Å². The molecule has 2 N–H and O–H groups in total. The lowest BCUT2D eigenvalue weighted by molar-refractivity contribution is 0.240.